The molecule has 0 spiro atoms. The second kappa shape index (κ2) is 10.2. The number of nitrogens with zero attached hydrogens (tertiary/aromatic N) is 2. The average molecular weight is 515 g/mol. The fraction of sp³-hybridized carbons (Fsp3) is 0.261. The molecule has 0 bridgehead atoms. The van der Waals surface area contributed by atoms with Crippen molar-refractivity contribution in [3.05, 3.63) is 87.3 Å². The first-order chi connectivity index (χ1) is 16.0. The molecule has 2 atom stereocenters. The van der Waals surface area contributed by atoms with Crippen molar-refractivity contribution in [1.82, 2.24) is 9.97 Å². The number of ether oxygens (including phenoxy) is 2. The second-order valence-electron chi connectivity index (χ2n) is 7.37. The zero-order valence-electron chi connectivity index (χ0n) is 17.9. The molecule has 1 aromatic carbocycles. The highest BCUT2D eigenvalue weighted by Gasteiger charge is 2.59. The van der Waals surface area contributed by atoms with Gasteiger partial charge in [0.1, 0.15) is 11.8 Å². The number of carbonyl (C=O) groups excluding carboxylic acids is 1. The fourth-order valence-electron chi connectivity index (χ4n) is 3.40. The normalized spacial score (nSPS) is 14.2. The van der Waals surface area contributed by atoms with Crippen LogP contribution in [0.4, 0.5) is 13.2 Å². The molecule has 0 amide bonds. The van der Waals surface area contributed by atoms with Gasteiger partial charge in [0, 0.05) is 29.4 Å². The highest BCUT2D eigenvalue weighted by molar-refractivity contribution is 6.31. The maximum atomic E-state index is 14.1. The van der Waals surface area contributed by atoms with E-state index in [1.807, 2.05) is 0 Å². The first kappa shape index (κ1) is 25.7. The Kier molecular flexibility index (Phi) is 7.70. The summed E-state index contributed by atoms with van der Waals surface area (Å²) in [5, 5.41) is 10.7. The van der Waals surface area contributed by atoms with Gasteiger partial charge in [-0.1, -0.05) is 42.3 Å². The molecule has 0 aliphatic heterocycles. The number of pyridine rings is 2. The number of hydrogen-bond donors (Lipinski definition) is 1. The fourth-order valence-corrected chi connectivity index (χ4v) is 3.94. The van der Waals surface area contributed by atoms with E-state index in [4.69, 9.17) is 27.9 Å². The summed E-state index contributed by atoms with van der Waals surface area (Å²) in [5.74, 6) is -1.79. The summed E-state index contributed by atoms with van der Waals surface area (Å²) >= 11 is 12.1. The van der Waals surface area contributed by atoms with E-state index in [-0.39, 0.29) is 33.8 Å². The van der Waals surface area contributed by atoms with Gasteiger partial charge in [0.2, 0.25) is 5.88 Å². The van der Waals surface area contributed by atoms with E-state index < -0.39 is 29.2 Å². The van der Waals surface area contributed by atoms with Crippen molar-refractivity contribution in [2.45, 2.75) is 31.2 Å². The number of carbonyl (C=O) groups is 1. The van der Waals surface area contributed by atoms with Gasteiger partial charge in [-0.3, -0.25) is 0 Å². The van der Waals surface area contributed by atoms with Crippen LogP contribution in [0, 0.1) is 0 Å². The minimum Gasteiger partial charge on any atom is -0.473 e. The summed E-state index contributed by atoms with van der Waals surface area (Å²) in [6.45, 7) is 1.24. The lowest BCUT2D eigenvalue weighted by Crippen LogP contribution is -2.46. The Hall–Kier alpha value is -2.88. The zero-order valence-corrected chi connectivity index (χ0v) is 19.4. The highest BCUT2D eigenvalue weighted by Crippen LogP contribution is 2.50. The van der Waals surface area contributed by atoms with E-state index in [0.717, 1.165) is 18.3 Å². The second-order valence-corrected chi connectivity index (χ2v) is 8.17. The van der Waals surface area contributed by atoms with Crippen molar-refractivity contribution in [2.24, 2.45) is 0 Å². The third kappa shape index (κ3) is 5.27. The number of esters is 1. The minimum absolute atomic E-state index is 0.0163. The lowest BCUT2D eigenvalue weighted by atomic mass is 9.78. The maximum absolute atomic E-state index is 14.1. The Labute approximate surface area is 203 Å². The summed E-state index contributed by atoms with van der Waals surface area (Å²) in [7, 11) is 1.25. The predicted octanol–water partition coefficient (Wildman–Crippen LogP) is 5.70. The van der Waals surface area contributed by atoms with E-state index in [1.54, 1.807) is 0 Å². The number of halogens is 5. The third-order valence-corrected chi connectivity index (χ3v) is 5.84. The smallest absolute Gasteiger partial charge is 0.422 e. The van der Waals surface area contributed by atoms with Gasteiger partial charge < -0.3 is 14.6 Å². The molecule has 0 radical (unpaired) electrons. The number of alkyl halides is 3. The Morgan fingerprint density at radius 1 is 1.12 bits per heavy atom. The number of rotatable bonds is 7. The van der Waals surface area contributed by atoms with Crippen LogP contribution < -0.4 is 4.74 Å². The number of methoxy groups -OCH3 is 1. The Morgan fingerprint density at radius 3 is 2.41 bits per heavy atom. The molecular formula is C23H19Cl2F3N2O4. The molecule has 180 valence electrons. The topological polar surface area (TPSA) is 81.5 Å². The van der Waals surface area contributed by atoms with Crippen LogP contribution >= 0.6 is 23.2 Å². The number of benzene rings is 1. The van der Waals surface area contributed by atoms with Crippen molar-refractivity contribution < 1.29 is 32.5 Å². The van der Waals surface area contributed by atoms with Gasteiger partial charge in [0.05, 0.1) is 12.7 Å². The monoisotopic (exact) mass is 514 g/mol. The highest BCUT2D eigenvalue weighted by atomic mass is 35.5. The Morgan fingerprint density at radius 2 is 1.85 bits per heavy atom. The van der Waals surface area contributed by atoms with Crippen LogP contribution in [0.15, 0.2) is 54.9 Å². The largest absolute Gasteiger partial charge is 0.473 e. The van der Waals surface area contributed by atoms with Crippen molar-refractivity contribution in [1.29, 1.82) is 0 Å². The van der Waals surface area contributed by atoms with Gasteiger partial charge in [0.15, 0.2) is 5.60 Å². The molecule has 0 fully saturated rings. The molecular weight excluding hydrogens is 496 g/mol. The minimum atomic E-state index is -5.02. The van der Waals surface area contributed by atoms with Gasteiger partial charge in [-0.15, -0.1) is 0 Å². The Bertz CT molecular complexity index is 1180. The molecule has 0 unspecified atom stereocenters. The molecule has 1 N–H and O–H groups in total. The molecule has 3 aromatic rings. The summed E-state index contributed by atoms with van der Waals surface area (Å²) in [6, 6.07) is 9.38. The molecule has 34 heavy (non-hydrogen) atoms. The van der Waals surface area contributed by atoms with E-state index in [9.17, 15) is 23.1 Å². The molecule has 6 nitrogen and oxygen atoms in total. The molecule has 2 aromatic heterocycles. The van der Waals surface area contributed by atoms with Gasteiger partial charge in [-0.2, -0.15) is 13.2 Å². The van der Waals surface area contributed by atoms with E-state index in [1.165, 1.54) is 50.6 Å². The first-order valence-corrected chi connectivity index (χ1v) is 10.6. The summed E-state index contributed by atoms with van der Waals surface area (Å²) in [6.07, 6.45) is -2.64. The van der Waals surface area contributed by atoms with Crippen LogP contribution in [-0.2, 0) is 16.9 Å². The van der Waals surface area contributed by atoms with Crippen LogP contribution in [-0.4, -0.2) is 34.3 Å². The predicted molar refractivity (Wildman–Crippen MR) is 119 cm³/mol. The van der Waals surface area contributed by atoms with Crippen molar-refractivity contribution in [2.75, 3.05) is 7.11 Å². The number of hydrogen-bond acceptors (Lipinski definition) is 6. The van der Waals surface area contributed by atoms with Crippen molar-refractivity contribution >= 4 is 29.2 Å². The van der Waals surface area contributed by atoms with Gasteiger partial charge >= 0.3 is 12.1 Å². The van der Waals surface area contributed by atoms with Crippen molar-refractivity contribution in [3.8, 4) is 5.88 Å². The standard InChI is InChI=1S/C23H19Cl2F3N2O4/c1-13(22(32,23(26,27)28)16-7-8-29-19(25)10-16)17-5-3-14(9-18(17)24)12-34-20-6-4-15(11-30-20)21(31)33-2/h3-11,13,32H,12H2,1-2H3/t13-,22-/m1/s1. The lowest BCUT2D eigenvalue weighted by molar-refractivity contribution is -0.274. The molecule has 3 rings (SSSR count). The number of aliphatic hydroxyl groups is 1. The van der Waals surface area contributed by atoms with E-state index in [0.29, 0.717) is 5.56 Å². The quantitative estimate of drug-likeness (QED) is 0.321. The third-order valence-electron chi connectivity index (χ3n) is 5.30. The van der Waals surface area contributed by atoms with Crippen LogP contribution in [0.25, 0.3) is 0 Å². The lowest BCUT2D eigenvalue weighted by Gasteiger charge is -2.37. The van der Waals surface area contributed by atoms with E-state index in [2.05, 4.69) is 14.7 Å². The molecule has 2 heterocycles. The maximum Gasteiger partial charge on any atom is 0.422 e. The Balaban J connectivity index is 1.82. The summed E-state index contributed by atoms with van der Waals surface area (Å²) in [5.41, 5.74) is -2.81. The van der Waals surface area contributed by atoms with Crippen LogP contribution in [0.5, 0.6) is 5.88 Å². The van der Waals surface area contributed by atoms with Crippen LogP contribution in [0.1, 0.15) is 39.9 Å². The zero-order chi connectivity index (χ0) is 25.1. The molecule has 0 aliphatic carbocycles. The number of aromatic nitrogens is 2. The summed E-state index contributed by atoms with van der Waals surface area (Å²) in [4.78, 5) is 19.1. The van der Waals surface area contributed by atoms with Gasteiger partial charge in [0.25, 0.3) is 0 Å². The molecule has 0 saturated heterocycles. The molecule has 0 saturated carbocycles. The summed E-state index contributed by atoms with van der Waals surface area (Å²) < 4.78 is 52.3. The molecule has 0 aliphatic rings. The van der Waals surface area contributed by atoms with E-state index >= 15 is 0 Å². The van der Waals surface area contributed by atoms with Gasteiger partial charge in [-0.05, 0) is 41.0 Å². The molecule has 11 heteroatoms. The van der Waals surface area contributed by atoms with Gasteiger partial charge in [-0.25, -0.2) is 14.8 Å². The van der Waals surface area contributed by atoms with Crippen molar-refractivity contribution in [3.63, 3.8) is 0 Å². The van der Waals surface area contributed by atoms with Crippen LogP contribution in [0.3, 0.4) is 0 Å². The first-order valence-electron chi connectivity index (χ1n) is 9.84. The van der Waals surface area contributed by atoms with Crippen LogP contribution in [0.2, 0.25) is 10.2 Å². The average Bonchev–Trinajstić information content (AvgIpc) is 2.81. The SMILES string of the molecule is COC(=O)c1ccc(OCc2ccc([C@@H](C)[C@@](O)(c3ccnc(Cl)c3)C(F)(F)F)c(Cl)c2)nc1.